The number of hydrogen-bond donors (Lipinski definition) is 8. The van der Waals surface area contributed by atoms with Gasteiger partial charge >= 0.3 is 5.97 Å². The number of aliphatic hydroxyl groups excluding tert-OH is 2. The van der Waals surface area contributed by atoms with E-state index >= 15 is 0 Å². The number of phenols is 2. The average Bonchev–Trinajstić information content (AvgIpc) is 3.04. The zero-order chi connectivity index (χ0) is 36.8. The van der Waals surface area contributed by atoms with Gasteiger partial charge < -0.3 is 60.1 Å². The Morgan fingerprint density at radius 1 is 1.00 bits per heavy atom. The number of carboxylic acid groups (broad SMARTS) is 1. The minimum atomic E-state index is -3.28. The number of aromatic hydroxyl groups is 2. The van der Waals surface area contributed by atoms with E-state index in [2.05, 4.69) is 10.5 Å². The van der Waals surface area contributed by atoms with Crippen LogP contribution in [0.5, 0.6) is 11.5 Å². The van der Waals surface area contributed by atoms with Crippen LogP contribution in [0, 0.1) is 6.92 Å². The number of allylic oxidation sites excluding steroid dienone is 2. The van der Waals surface area contributed by atoms with E-state index < -0.39 is 128 Å². The summed E-state index contributed by atoms with van der Waals surface area (Å²) >= 11 is 0. The fourth-order valence-corrected chi connectivity index (χ4v) is 7.85. The summed E-state index contributed by atoms with van der Waals surface area (Å²) in [5.74, 6) is -7.40. The van der Waals surface area contributed by atoms with Crippen molar-refractivity contribution in [3.8, 4) is 11.5 Å². The molecule has 1 fully saturated rings. The highest BCUT2D eigenvalue weighted by Gasteiger charge is 2.72. The molecule has 1 saturated heterocycles. The molecule has 3 aliphatic carbocycles. The maximum Gasteiger partial charge on any atom is 0.339 e. The molecule has 4 aliphatic rings. The first kappa shape index (κ1) is 35.1. The van der Waals surface area contributed by atoms with Crippen molar-refractivity contribution in [2.24, 2.45) is 5.16 Å². The lowest BCUT2D eigenvalue weighted by Gasteiger charge is -2.52. The maximum atomic E-state index is 14.6. The van der Waals surface area contributed by atoms with E-state index in [1.54, 1.807) is 6.92 Å². The standard InChI is InChI=1S/C33H34N2O15/c1-10-6-12-7-17(36)33(49-5)29(42)20-14(28(41)32(33,45)21(12)24(39)18(10)31(43)44)8-13-19(23(20)38)15(35-46)9-16(22(13)37)34-30-27(48-4)25(40)26(47-3)11(2)50-30/h6,8-9,11,17,25-27,30,34,36,38-40,45-46H,7H2,1-5H3,(H,43,44)/b35-15+/t11-,17?,25+,26-,27+,30-,32?,33?/m0/s1. The molecule has 6 rings (SSSR count). The Kier molecular flexibility index (Phi) is 8.38. The second-order valence-electron chi connectivity index (χ2n) is 12.5. The molecule has 0 amide bonds. The number of benzene rings is 2. The van der Waals surface area contributed by atoms with E-state index in [0.717, 1.165) is 19.3 Å². The van der Waals surface area contributed by atoms with Crippen LogP contribution in [0.2, 0.25) is 0 Å². The summed E-state index contributed by atoms with van der Waals surface area (Å²) < 4.78 is 22.0. The molecule has 0 aromatic heterocycles. The zero-order valence-corrected chi connectivity index (χ0v) is 27.2. The van der Waals surface area contributed by atoms with Crippen molar-refractivity contribution in [3.05, 3.63) is 68.4 Å². The number of carboxylic acids is 1. The summed E-state index contributed by atoms with van der Waals surface area (Å²) in [6.07, 6.45) is -6.44. The Morgan fingerprint density at radius 2 is 1.66 bits per heavy atom. The summed E-state index contributed by atoms with van der Waals surface area (Å²) in [6, 6.07) is 2.10. The lowest BCUT2D eigenvalue weighted by Crippen LogP contribution is -2.73. The van der Waals surface area contributed by atoms with Gasteiger partial charge in [-0.05, 0) is 37.1 Å². The SMILES string of the molecule is CO[C@@H]1[C@@H](O)[C@@H](OC)[C@@H](NC2=C/C(=N\O)c3c(cc4c(c3O)C(=O)C3(OC)C(O)Cc5cc(C)c(C(=O)O)c(O)c5C3(O)C4=O)C2=O)O[C@H]1C. The number of oxime groups is 1. The molecule has 0 saturated carbocycles. The van der Waals surface area contributed by atoms with Crippen LogP contribution in [0.15, 0.2) is 29.1 Å². The molecule has 2 aromatic carbocycles. The predicted octanol–water partition coefficient (Wildman–Crippen LogP) is -0.343. The van der Waals surface area contributed by atoms with Gasteiger partial charge in [0.25, 0.3) is 0 Å². The molecular formula is C33H34N2O15. The normalized spacial score (nSPS) is 32.5. The Balaban J connectivity index is 1.54. The molecule has 17 nitrogen and oxygen atoms in total. The lowest BCUT2D eigenvalue weighted by molar-refractivity contribution is -0.236. The van der Waals surface area contributed by atoms with Crippen molar-refractivity contribution in [1.29, 1.82) is 0 Å². The number of hydrogen-bond acceptors (Lipinski definition) is 16. The summed E-state index contributed by atoms with van der Waals surface area (Å²) in [4.78, 5) is 55.1. The molecule has 1 aliphatic heterocycles. The van der Waals surface area contributed by atoms with Gasteiger partial charge in [-0.15, -0.1) is 0 Å². The number of nitrogens with zero attached hydrogens (tertiary/aromatic N) is 1. The largest absolute Gasteiger partial charge is 0.507 e. The van der Waals surface area contributed by atoms with Crippen LogP contribution in [-0.2, 0) is 31.0 Å². The number of carbonyl (C=O) groups excluding carboxylic acids is 3. The number of carbonyl (C=O) groups is 4. The number of nitrogens with one attached hydrogen (secondary N) is 1. The molecule has 8 atom stereocenters. The quantitative estimate of drug-likeness (QED) is 0.142. The molecule has 1 heterocycles. The number of Topliss-reactive ketones (excluding diaryl/α,β-unsaturated/α-hetero) is 3. The smallest absolute Gasteiger partial charge is 0.339 e. The van der Waals surface area contributed by atoms with Crippen LogP contribution >= 0.6 is 0 Å². The molecule has 50 heavy (non-hydrogen) atoms. The van der Waals surface area contributed by atoms with Gasteiger partial charge in [-0.25, -0.2) is 4.79 Å². The number of fused-ring (bicyclic) bond motifs is 5. The summed E-state index contributed by atoms with van der Waals surface area (Å²) in [7, 11) is 3.55. The highest BCUT2D eigenvalue weighted by Crippen LogP contribution is 2.56. The van der Waals surface area contributed by atoms with Crippen LogP contribution in [0.3, 0.4) is 0 Å². The van der Waals surface area contributed by atoms with Gasteiger partial charge in [0.15, 0.2) is 17.4 Å². The molecule has 3 unspecified atom stereocenters. The summed E-state index contributed by atoms with van der Waals surface area (Å²) in [5.41, 5.74) is -10.9. The van der Waals surface area contributed by atoms with Crippen molar-refractivity contribution >= 4 is 29.0 Å². The molecule has 17 heteroatoms. The molecule has 0 spiro atoms. The summed E-state index contributed by atoms with van der Waals surface area (Å²) in [5, 5.41) is 83.2. The number of phenolic OH excluding ortho intramolecular Hbond substituents is 1. The van der Waals surface area contributed by atoms with E-state index in [4.69, 9.17) is 18.9 Å². The maximum absolute atomic E-state index is 14.6. The second-order valence-corrected chi connectivity index (χ2v) is 12.5. The van der Waals surface area contributed by atoms with Gasteiger partial charge in [0, 0.05) is 44.4 Å². The van der Waals surface area contributed by atoms with E-state index in [9.17, 15) is 55.0 Å². The Bertz CT molecular complexity index is 1940. The Labute approximate surface area is 282 Å². The molecule has 266 valence electrons. The number of aliphatic hydroxyl groups is 3. The molecule has 8 N–H and O–H groups in total. The van der Waals surface area contributed by atoms with Crippen LogP contribution in [-0.4, -0.2) is 129 Å². The van der Waals surface area contributed by atoms with Gasteiger partial charge in [0.05, 0.1) is 29.0 Å². The number of ether oxygens (including phenoxy) is 4. The predicted molar refractivity (Wildman–Crippen MR) is 166 cm³/mol. The summed E-state index contributed by atoms with van der Waals surface area (Å²) in [6.45, 7) is 2.96. The van der Waals surface area contributed by atoms with Gasteiger partial charge in [0.1, 0.15) is 41.1 Å². The fraction of sp³-hybridized carbons (Fsp3) is 0.424. The van der Waals surface area contributed by atoms with Gasteiger partial charge in [-0.2, -0.15) is 0 Å². The highest BCUT2D eigenvalue weighted by atomic mass is 16.6. The third-order valence-electron chi connectivity index (χ3n) is 10.1. The average molecular weight is 699 g/mol. The van der Waals surface area contributed by atoms with E-state index in [0.29, 0.717) is 0 Å². The number of ketones is 3. The Hall–Kier alpha value is -4.75. The van der Waals surface area contributed by atoms with Crippen LogP contribution in [0.25, 0.3) is 0 Å². The molecule has 2 aromatic rings. The third-order valence-corrected chi connectivity index (χ3v) is 10.1. The number of methoxy groups -OCH3 is 3. The van der Waals surface area contributed by atoms with Gasteiger partial charge in [-0.3, -0.25) is 14.4 Å². The van der Waals surface area contributed by atoms with Crippen LogP contribution < -0.4 is 5.32 Å². The minimum Gasteiger partial charge on any atom is -0.507 e. The lowest BCUT2D eigenvalue weighted by atomic mass is 9.56. The van der Waals surface area contributed by atoms with Crippen molar-refractivity contribution in [2.45, 2.75) is 68.2 Å². The minimum absolute atomic E-state index is 0.0294. The van der Waals surface area contributed by atoms with Crippen molar-refractivity contribution < 1.29 is 74.0 Å². The second kappa shape index (κ2) is 11.9. The van der Waals surface area contributed by atoms with Gasteiger partial charge in [0.2, 0.25) is 17.3 Å². The van der Waals surface area contributed by atoms with E-state index in [1.807, 2.05) is 0 Å². The number of rotatable bonds is 6. The van der Waals surface area contributed by atoms with E-state index in [1.165, 1.54) is 27.2 Å². The highest BCUT2D eigenvalue weighted by molar-refractivity contribution is 6.31. The van der Waals surface area contributed by atoms with Crippen molar-refractivity contribution in [2.75, 3.05) is 21.3 Å². The van der Waals surface area contributed by atoms with E-state index in [-0.39, 0.29) is 16.8 Å². The van der Waals surface area contributed by atoms with Crippen LogP contribution in [0.1, 0.15) is 70.6 Å². The molecule has 0 bridgehead atoms. The van der Waals surface area contributed by atoms with Gasteiger partial charge in [-0.1, -0.05) is 11.2 Å². The molecular weight excluding hydrogens is 664 g/mol. The first-order chi connectivity index (χ1) is 23.6. The third kappa shape index (κ3) is 4.35. The number of aryl methyl sites for hydroxylation is 1. The monoisotopic (exact) mass is 698 g/mol. The van der Waals surface area contributed by atoms with Crippen molar-refractivity contribution in [1.82, 2.24) is 5.32 Å². The zero-order valence-electron chi connectivity index (χ0n) is 27.2. The van der Waals surface area contributed by atoms with Crippen LogP contribution in [0.4, 0.5) is 0 Å². The number of aromatic carboxylic acids is 1. The topological polar surface area (TPSA) is 271 Å². The first-order valence-electron chi connectivity index (χ1n) is 15.3. The van der Waals surface area contributed by atoms with Crippen molar-refractivity contribution in [3.63, 3.8) is 0 Å². The fourth-order valence-electron chi connectivity index (χ4n) is 7.85. The molecule has 0 radical (unpaired) electrons. The first-order valence-corrected chi connectivity index (χ1v) is 15.3. The Morgan fingerprint density at radius 3 is 2.24 bits per heavy atom.